The highest BCUT2D eigenvalue weighted by Gasteiger charge is 2.16. The van der Waals surface area contributed by atoms with Crippen molar-refractivity contribution in [3.63, 3.8) is 0 Å². The second-order valence-corrected chi connectivity index (χ2v) is 6.24. The van der Waals surface area contributed by atoms with E-state index in [9.17, 15) is 13.6 Å². The van der Waals surface area contributed by atoms with Crippen LogP contribution in [0, 0.1) is 18.6 Å². The van der Waals surface area contributed by atoms with Crippen LogP contribution in [0.25, 0.3) is 17.1 Å². The number of carbonyl (C=O) groups is 1. The maximum Gasteiger partial charge on any atom is 0.272 e. The van der Waals surface area contributed by atoms with Crippen molar-refractivity contribution in [1.82, 2.24) is 25.2 Å². The first-order valence-corrected chi connectivity index (χ1v) is 8.69. The number of nitrogens with zero attached hydrogens (tertiary/aromatic N) is 4. The Bertz CT molecular complexity index is 1170. The van der Waals surface area contributed by atoms with Crippen molar-refractivity contribution in [3.8, 4) is 17.1 Å². The van der Waals surface area contributed by atoms with Crippen molar-refractivity contribution in [1.29, 1.82) is 0 Å². The van der Waals surface area contributed by atoms with E-state index in [0.29, 0.717) is 11.3 Å². The zero-order valence-electron chi connectivity index (χ0n) is 15.3. The molecule has 0 aliphatic rings. The molecule has 0 radical (unpaired) electrons. The SMILES string of the molecule is Cc1cc(C(=O)NCc2nc(-c3ccc(F)cc3)no2)nn1-c1ccccc1F. The Morgan fingerprint density at radius 2 is 1.90 bits per heavy atom. The second kappa shape index (κ2) is 7.63. The topological polar surface area (TPSA) is 85.8 Å². The number of halogens is 2. The second-order valence-electron chi connectivity index (χ2n) is 6.24. The van der Waals surface area contributed by atoms with E-state index >= 15 is 0 Å². The van der Waals surface area contributed by atoms with Crippen LogP contribution >= 0.6 is 0 Å². The molecular weight excluding hydrogens is 380 g/mol. The van der Waals surface area contributed by atoms with Gasteiger partial charge in [-0.2, -0.15) is 10.1 Å². The molecular formula is C20H15F2N5O2. The highest BCUT2D eigenvalue weighted by atomic mass is 19.1. The zero-order valence-corrected chi connectivity index (χ0v) is 15.3. The fraction of sp³-hybridized carbons (Fsp3) is 0.100. The molecule has 2 aromatic heterocycles. The number of hydrogen-bond acceptors (Lipinski definition) is 5. The summed E-state index contributed by atoms with van der Waals surface area (Å²) in [4.78, 5) is 16.6. The Labute approximate surface area is 164 Å². The minimum atomic E-state index is -0.468. The van der Waals surface area contributed by atoms with Crippen LogP contribution in [0.1, 0.15) is 22.1 Å². The molecule has 0 aliphatic heterocycles. The molecule has 2 aromatic carbocycles. The largest absolute Gasteiger partial charge is 0.342 e. The summed E-state index contributed by atoms with van der Waals surface area (Å²) in [5, 5.41) is 10.6. The van der Waals surface area contributed by atoms with Crippen molar-refractivity contribution in [2.45, 2.75) is 13.5 Å². The summed E-state index contributed by atoms with van der Waals surface area (Å²) in [6.07, 6.45) is 0. The highest BCUT2D eigenvalue weighted by molar-refractivity contribution is 5.92. The molecule has 146 valence electrons. The van der Waals surface area contributed by atoms with Gasteiger partial charge in [0, 0.05) is 11.3 Å². The molecule has 0 aliphatic carbocycles. The molecule has 0 fully saturated rings. The quantitative estimate of drug-likeness (QED) is 0.560. The van der Waals surface area contributed by atoms with Crippen LogP contribution in [0.2, 0.25) is 0 Å². The first-order valence-electron chi connectivity index (χ1n) is 8.69. The molecule has 1 N–H and O–H groups in total. The molecule has 1 amide bonds. The first-order chi connectivity index (χ1) is 14.0. The van der Waals surface area contributed by atoms with E-state index in [2.05, 4.69) is 20.6 Å². The van der Waals surface area contributed by atoms with Crippen LogP contribution in [0.15, 0.2) is 59.1 Å². The molecule has 0 unspecified atom stereocenters. The monoisotopic (exact) mass is 395 g/mol. The number of amides is 1. The van der Waals surface area contributed by atoms with E-state index in [4.69, 9.17) is 4.52 Å². The lowest BCUT2D eigenvalue weighted by Gasteiger charge is -2.04. The van der Waals surface area contributed by atoms with Crippen LogP contribution in [0.5, 0.6) is 0 Å². The van der Waals surface area contributed by atoms with Crippen LogP contribution in [0.4, 0.5) is 8.78 Å². The standard InChI is InChI=1S/C20H15F2N5O2/c1-12-10-16(25-27(12)17-5-3-2-4-15(17)22)20(28)23-11-18-24-19(26-29-18)13-6-8-14(21)9-7-13/h2-10H,11H2,1H3,(H,23,28). The lowest BCUT2D eigenvalue weighted by atomic mass is 10.2. The lowest BCUT2D eigenvalue weighted by Crippen LogP contribution is -2.23. The summed E-state index contributed by atoms with van der Waals surface area (Å²) in [6.45, 7) is 1.71. The molecule has 0 atom stereocenters. The molecule has 0 saturated carbocycles. The predicted molar refractivity (Wildman–Crippen MR) is 99.1 cm³/mol. The minimum Gasteiger partial charge on any atom is -0.342 e. The number of nitrogens with one attached hydrogen (secondary N) is 1. The number of aromatic nitrogens is 4. The van der Waals surface area contributed by atoms with Gasteiger partial charge < -0.3 is 9.84 Å². The third-order valence-electron chi connectivity index (χ3n) is 4.17. The van der Waals surface area contributed by atoms with Gasteiger partial charge in [0.15, 0.2) is 5.69 Å². The summed E-state index contributed by atoms with van der Waals surface area (Å²) in [6, 6.07) is 13.4. The molecule has 0 bridgehead atoms. The Hall–Kier alpha value is -3.88. The maximum atomic E-state index is 14.0. The van der Waals surface area contributed by atoms with Gasteiger partial charge in [0.25, 0.3) is 5.91 Å². The van der Waals surface area contributed by atoms with Crippen LogP contribution in [0.3, 0.4) is 0 Å². The first kappa shape index (κ1) is 18.5. The predicted octanol–water partition coefficient (Wildman–Crippen LogP) is 3.44. The van der Waals surface area contributed by atoms with Gasteiger partial charge in [0.05, 0.1) is 6.54 Å². The van der Waals surface area contributed by atoms with E-state index in [1.807, 2.05) is 0 Å². The Morgan fingerprint density at radius 3 is 2.66 bits per heavy atom. The van der Waals surface area contributed by atoms with Gasteiger partial charge in [-0.15, -0.1) is 0 Å². The summed E-state index contributed by atoms with van der Waals surface area (Å²) in [5.41, 5.74) is 1.58. The van der Waals surface area contributed by atoms with Gasteiger partial charge in [0.1, 0.15) is 17.3 Å². The lowest BCUT2D eigenvalue weighted by molar-refractivity contribution is 0.0941. The van der Waals surface area contributed by atoms with Crippen LogP contribution in [-0.4, -0.2) is 25.8 Å². The number of benzene rings is 2. The molecule has 29 heavy (non-hydrogen) atoms. The van der Waals surface area contributed by atoms with Crippen molar-refractivity contribution in [3.05, 3.63) is 83.5 Å². The third kappa shape index (κ3) is 3.88. The number of rotatable bonds is 5. The summed E-state index contributed by atoms with van der Waals surface area (Å²) < 4.78 is 33.5. The fourth-order valence-corrected chi connectivity index (χ4v) is 2.74. The summed E-state index contributed by atoms with van der Waals surface area (Å²) in [7, 11) is 0. The Morgan fingerprint density at radius 1 is 1.14 bits per heavy atom. The van der Waals surface area contributed by atoms with Crippen LogP contribution in [-0.2, 0) is 6.54 Å². The average molecular weight is 395 g/mol. The number of para-hydroxylation sites is 1. The molecule has 4 rings (SSSR count). The van der Waals surface area contributed by atoms with E-state index in [-0.39, 0.29) is 35.5 Å². The minimum absolute atomic E-state index is 0.0152. The summed E-state index contributed by atoms with van der Waals surface area (Å²) >= 11 is 0. The highest BCUT2D eigenvalue weighted by Crippen LogP contribution is 2.17. The maximum absolute atomic E-state index is 14.0. The molecule has 7 nitrogen and oxygen atoms in total. The Balaban J connectivity index is 1.45. The molecule has 0 saturated heterocycles. The smallest absolute Gasteiger partial charge is 0.272 e. The molecule has 9 heteroatoms. The number of aryl methyl sites for hydroxylation is 1. The molecule has 4 aromatic rings. The van der Waals surface area contributed by atoms with Gasteiger partial charge in [-0.1, -0.05) is 17.3 Å². The third-order valence-corrected chi connectivity index (χ3v) is 4.17. The Kier molecular flexibility index (Phi) is 4.86. The van der Waals surface area contributed by atoms with Gasteiger partial charge in [-0.3, -0.25) is 4.79 Å². The number of carbonyl (C=O) groups excluding carboxylic acids is 1. The van der Waals surface area contributed by atoms with E-state index in [0.717, 1.165) is 0 Å². The average Bonchev–Trinajstić information content (AvgIpc) is 3.34. The van der Waals surface area contributed by atoms with Gasteiger partial charge in [-0.05, 0) is 49.4 Å². The summed E-state index contributed by atoms with van der Waals surface area (Å²) in [5.74, 6) is -0.804. The zero-order chi connectivity index (χ0) is 20.4. The van der Waals surface area contributed by atoms with Crippen LogP contribution < -0.4 is 5.32 Å². The van der Waals surface area contributed by atoms with Gasteiger partial charge >= 0.3 is 0 Å². The molecule has 2 heterocycles. The number of hydrogen-bond donors (Lipinski definition) is 1. The normalized spacial score (nSPS) is 10.9. The molecule has 0 spiro atoms. The fourth-order valence-electron chi connectivity index (χ4n) is 2.74. The van der Waals surface area contributed by atoms with Crippen molar-refractivity contribution in [2.75, 3.05) is 0 Å². The van der Waals surface area contributed by atoms with E-state index in [1.165, 1.54) is 35.0 Å². The van der Waals surface area contributed by atoms with Crippen molar-refractivity contribution >= 4 is 5.91 Å². The van der Waals surface area contributed by atoms with E-state index < -0.39 is 11.7 Å². The van der Waals surface area contributed by atoms with Gasteiger partial charge in [-0.25, -0.2) is 13.5 Å². The van der Waals surface area contributed by atoms with Gasteiger partial charge in [0.2, 0.25) is 11.7 Å². The van der Waals surface area contributed by atoms with E-state index in [1.54, 1.807) is 31.2 Å². The van der Waals surface area contributed by atoms with Crippen molar-refractivity contribution in [2.24, 2.45) is 0 Å². The van der Waals surface area contributed by atoms with Crippen molar-refractivity contribution < 1.29 is 18.1 Å².